The monoisotopic (exact) mass is 929 g/mol. The van der Waals surface area contributed by atoms with E-state index in [0.717, 1.165) is 19.5 Å². The standard InChI is InChI=1S/C40H46BrF6N7O7/c1-4-26-21-61-37-32(54(26)23-39(42,43)44)6-5-31-36(37)28(40(45,46)47)16-35(55)53(31)9-11-58-14-13-57-10-7-52-8-12-59-27(20-52)22-60-33-15-24(2)29(41)17-30(33)50-38(56)51-34-19-48-25(3)18-49-34/h5-6,15-19,26-27H,4,7-14,20-23H2,1-3H3,(H2,49,50,51,56)/t26-,27+/m1/s1. The van der Waals surface area contributed by atoms with Crippen LogP contribution in [0, 0.1) is 13.8 Å². The third-order valence-corrected chi connectivity index (χ3v) is 10.9. The zero-order valence-electron chi connectivity index (χ0n) is 33.6. The number of benzene rings is 2. The number of aryl methyl sites for hydroxylation is 2. The van der Waals surface area contributed by atoms with Crippen LogP contribution in [0.5, 0.6) is 11.5 Å². The van der Waals surface area contributed by atoms with Crippen molar-refractivity contribution in [1.82, 2.24) is 19.4 Å². The van der Waals surface area contributed by atoms with Gasteiger partial charge in [-0.15, -0.1) is 0 Å². The van der Waals surface area contributed by atoms with Crippen LogP contribution in [0.2, 0.25) is 0 Å². The highest BCUT2D eigenvalue weighted by atomic mass is 79.9. The number of hydrogen-bond donors (Lipinski definition) is 2. The summed E-state index contributed by atoms with van der Waals surface area (Å²) in [5.74, 6) is 0.403. The van der Waals surface area contributed by atoms with E-state index >= 15 is 0 Å². The lowest BCUT2D eigenvalue weighted by atomic mass is 10.0. The van der Waals surface area contributed by atoms with Crippen molar-refractivity contribution in [3.05, 3.63) is 74.4 Å². The Morgan fingerprint density at radius 1 is 0.984 bits per heavy atom. The number of fused-ring (bicyclic) bond motifs is 3. The SMILES string of the molecule is CC[C@@H]1COc2c(ccc3c2c(C(F)(F)F)cc(=O)n3CCOCCOCCN2CCO[C@H](COc3cc(C)c(Br)cc3NC(=O)Nc3cnc(C)cn3)C2)N1CC(F)(F)F. The van der Waals surface area contributed by atoms with E-state index in [1.807, 2.05) is 13.0 Å². The molecule has 2 atom stereocenters. The first-order valence-electron chi connectivity index (χ1n) is 19.5. The Bertz CT molecular complexity index is 2210. The van der Waals surface area contributed by atoms with Crippen molar-refractivity contribution < 1.29 is 54.8 Å². The van der Waals surface area contributed by atoms with E-state index in [1.54, 1.807) is 26.1 Å². The number of amides is 2. The largest absolute Gasteiger partial charge is 0.489 e. The van der Waals surface area contributed by atoms with Crippen molar-refractivity contribution in [3.8, 4) is 11.5 Å². The average molecular weight is 931 g/mol. The second kappa shape index (κ2) is 20.0. The molecule has 4 heterocycles. The Hall–Kier alpha value is -4.70. The van der Waals surface area contributed by atoms with Gasteiger partial charge < -0.3 is 38.5 Å². The highest BCUT2D eigenvalue weighted by Gasteiger charge is 2.41. The van der Waals surface area contributed by atoms with Gasteiger partial charge in [0.25, 0.3) is 5.56 Å². The Morgan fingerprint density at radius 3 is 2.43 bits per heavy atom. The smallest absolute Gasteiger partial charge is 0.417 e. The number of nitrogens with zero attached hydrogens (tertiary/aromatic N) is 5. The van der Waals surface area contributed by atoms with Crippen LogP contribution in [0.4, 0.5) is 48.3 Å². The number of carbonyl (C=O) groups is 1. The summed E-state index contributed by atoms with van der Waals surface area (Å²) in [7, 11) is 0. The van der Waals surface area contributed by atoms with Crippen LogP contribution in [-0.4, -0.2) is 116 Å². The molecule has 1 fully saturated rings. The molecule has 4 aromatic rings. The van der Waals surface area contributed by atoms with Gasteiger partial charge in [-0.25, -0.2) is 9.78 Å². The summed E-state index contributed by atoms with van der Waals surface area (Å²) >= 11 is 3.50. The van der Waals surface area contributed by atoms with E-state index in [4.69, 9.17) is 23.7 Å². The predicted molar refractivity (Wildman–Crippen MR) is 218 cm³/mol. The Balaban J connectivity index is 0.971. The minimum absolute atomic E-state index is 0.0494. The number of anilines is 3. The van der Waals surface area contributed by atoms with E-state index in [0.29, 0.717) is 61.9 Å². The lowest BCUT2D eigenvalue weighted by molar-refractivity contribution is -0.136. The minimum Gasteiger partial charge on any atom is -0.489 e. The maximum absolute atomic E-state index is 14.3. The topological polar surface area (TPSA) is 142 Å². The number of rotatable bonds is 16. The van der Waals surface area contributed by atoms with Gasteiger partial charge in [0.05, 0.1) is 85.0 Å². The first kappa shape index (κ1) is 45.8. The molecule has 0 aliphatic carbocycles. The fourth-order valence-electron chi connectivity index (χ4n) is 7.01. The first-order valence-corrected chi connectivity index (χ1v) is 20.3. The fraction of sp³-hybridized carbons (Fsp3) is 0.500. The molecule has 1 saturated heterocycles. The van der Waals surface area contributed by atoms with E-state index in [1.165, 1.54) is 18.3 Å². The third-order valence-electron chi connectivity index (χ3n) is 10.1. The summed E-state index contributed by atoms with van der Waals surface area (Å²) in [6, 6.07) is 5.27. The maximum atomic E-state index is 14.3. The molecular weight excluding hydrogens is 884 g/mol. The fourth-order valence-corrected chi connectivity index (χ4v) is 7.36. The molecule has 2 aliphatic rings. The molecule has 2 aromatic heterocycles. The number of ether oxygens (including phenoxy) is 5. The molecule has 0 saturated carbocycles. The predicted octanol–water partition coefficient (Wildman–Crippen LogP) is 7.19. The number of hydrogen-bond acceptors (Lipinski definition) is 11. The summed E-state index contributed by atoms with van der Waals surface area (Å²) < 4.78 is 114. The first-order chi connectivity index (χ1) is 29.0. The molecule has 0 spiro atoms. The molecule has 14 nitrogen and oxygen atoms in total. The van der Waals surface area contributed by atoms with E-state index < -0.39 is 47.5 Å². The van der Waals surface area contributed by atoms with E-state index in [-0.39, 0.29) is 69.1 Å². The molecule has 0 bridgehead atoms. The number of morpholine rings is 1. The Labute approximate surface area is 355 Å². The summed E-state index contributed by atoms with van der Waals surface area (Å²) in [6.07, 6.45) is -6.58. The number of pyridine rings is 1. The van der Waals surface area contributed by atoms with Crippen molar-refractivity contribution >= 4 is 50.1 Å². The molecule has 6 rings (SSSR count). The van der Waals surface area contributed by atoms with Crippen molar-refractivity contribution in [2.24, 2.45) is 0 Å². The van der Waals surface area contributed by atoms with Crippen molar-refractivity contribution in [2.75, 3.05) is 88.0 Å². The van der Waals surface area contributed by atoms with Crippen molar-refractivity contribution in [2.45, 2.75) is 58.2 Å². The second-order valence-electron chi connectivity index (χ2n) is 14.5. The van der Waals surface area contributed by atoms with Gasteiger partial charge in [0.15, 0.2) is 11.6 Å². The Morgan fingerprint density at radius 2 is 1.74 bits per heavy atom. The number of alkyl halides is 6. The maximum Gasteiger partial charge on any atom is 0.417 e. The summed E-state index contributed by atoms with van der Waals surface area (Å²) in [6.45, 7) is 6.79. The molecule has 61 heavy (non-hydrogen) atoms. The van der Waals surface area contributed by atoms with E-state index in [2.05, 4.69) is 41.4 Å². The van der Waals surface area contributed by atoms with Crippen LogP contribution in [0.15, 0.2) is 52.0 Å². The summed E-state index contributed by atoms with van der Waals surface area (Å²) in [5.41, 5.74) is -0.415. The molecule has 0 radical (unpaired) electrons. The normalized spacial score (nSPS) is 17.2. The zero-order valence-corrected chi connectivity index (χ0v) is 35.2. The highest BCUT2D eigenvalue weighted by Crippen LogP contribution is 2.46. The molecule has 2 aliphatic heterocycles. The number of halogens is 7. The number of nitrogens with one attached hydrogen (secondary N) is 2. The van der Waals surface area contributed by atoms with Crippen LogP contribution >= 0.6 is 15.9 Å². The lowest BCUT2D eigenvalue weighted by Crippen LogP contribution is -2.47. The van der Waals surface area contributed by atoms with Gasteiger partial charge in [0.1, 0.15) is 31.6 Å². The van der Waals surface area contributed by atoms with Crippen LogP contribution in [0.1, 0.15) is 30.2 Å². The van der Waals surface area contributed by atoms with Gasteiger partial charge in [-0.2, -0.15) is 26.3 Å². The molecule has 0 unspecified atom stereocenters. The third kappa shape index (κ3) is 12.0. The summed E-state index contributed by atoms with van der Waals surface area (Å²) in [4.78, 5) is 37.2. The van der Waals surface area contributed by atoms with Crippen LogP contribution < -0.4 is 30.6 Å². The van der Waals surface area contributed by atoms with Gasteiger partial charge in [0.2, 0.25) is 0 Å². The van der Waals surface area contributed by atoms with Gasteiger partial charge in [-0.1, -0.05) is 22.9 Å². The molecule has 332 valence electrons. The van der Waals surface area contributed by atoms with Crippen LogP contribution in [0.3, 0.4) is 0 Å². The van der Waals surface area contributed by atoms with E-state index in [9.17, 15) is 35.9 Å². The molecule has 2 N–H and O–H groups in total. The van der Waals surface area contributed by atoms with Gasteiger partial charge in [0, 0.05) is 36.7 Å². The quantitative estimate of drug-likeness (QED) is 0.0872. The lowest BCUT2D eigenvalue weighted by Gasteiger charge is -2.39. The van der Waals surface area contributed by atoms with Gasteiger partial charge in [-0.05, 0) is 50.1 Å². The number of carbonyl (C=O) groups excluding carboxylic acids is 1. The number of aromatic nitrogens is 3. The van der Waals surface area contributed by atoms with Crippen LogP contribution in [0.25, 0.3) is 10.9 Å². The molecule has 2 amide bonds. The zero-order chi connectivity index (χ0) is 43.9. The molecular formula is C40H46BrF6N7O7. The number of urea groups is 1. The van der Waals surface area contributed by atoms with Gasteiger partial charge in [-0.3, -0.25) is 20.0 Å². The van der Waals surface area contributed by atoms with Crippen molar-refractivity contribution in [3.63, 3.8) is 0 Å². The molecule has 21 heteroatoms. The van der Waals surface area contributed by atoms with Gasteiger partial charge >= 0.3 is 18.4 Å². The highest BCUT2D eigenvalue weighted by molar-refractivity contribution is 9.10. The Kier molecular flexibility index (Phi) is 15.0. The average Bonchev–Trinajstić information content (AvgIpc) is 3.20. The second-order valence-corrected chi connectivity index (χ2v) is 15.4. The molecule has 2 aromatic carbocycles. The van der Waals surface area contributed by atoms with Crippen LogP contribution in [-0.2, 0) is 26.9 Å². The summed E-state index contributed by atoms with van der Waals surface area (Å²) in [5, 5.41) is 4.96. The van der Waals surface area contributed by atoms with Crippen molar-refractivity contribution in [1.29, 1.82) is 0 Å². The minimum atomic E-state index is -4.98.